The molecular formula is C5H15O7PSi. The van der Waals surface area contributed by atoms with Crippen molar-refractivity contribution in [3.8, 4) is 0 Å². The average molecular weight is 246 g/mol. The fourth-order valence-corrected chi connectivity index (χ4v) is 1.50. The third-order valence-electron chi connectivity index (χ3n) is 1.10. The van der Waals surface area contributed by atoms with Crippen LogP contribution >= 0.6 is 7.82 Å². The molecule has 0 aromatic heterocycles. The van der Waals surface area contributed by atoms with Crippen molar-refractivity contribution in [1.82, 2.24) is 0 Å². The van der Waals surface area contributed by atoms with Gasteiger partial charge in [0, 0.05) is 21.3 Å². The fraction of sp³-hybridized carbons (Fsp3) is 0.600. The van der Waals surface area contributed by atoms with Crippen LogP contribution in [0, 0.1) is 0 Å². The molecule has 0 amide bonds. The fourth-order valence-electron chi connectivity index (χ4n) is 0.500. The van der Waals surface area contributed by atoms with Crippen molar-refractivity contribution < 1.29 is 32.5 Å². The summed E-state index contributed by atoms with van der Waals surface area (Å²) in [5, 5.41) is 0. The normalized spacial score (nSPS) is 11.6. The van der Waals surface area contributed by atoms with E-state index in [1.807, 2.05) is 0 Å². The first-order valence-electron chi connectivity index (χ1n) is 3.32. The van der Waals surface area contributed by atoms with Crippen LogP contribution in [0.5, 0.6) is 0 Å². The molecule has 0 aliphatic carbocycles. The molecule has 0 aromatic rings. The van der Waals surface area contributed by atoms with Gasteiger partial charge >= 0.3 is 16.6 Å². The van der Waals surface area contributed by atoms with E-state index in [4.69, 9.17) is 32.5 Å². The van der Waals surface area contributed by atoms with Gasteiger partial charge in [-0.25, -0.2) is 4.57 Å². The Balaban J connectivity index is 0. The number of hydrogen-bond acceptors (Lipinski definition) is 4. The van der Waals surface area contributed by atoms with Gasteiger partial charge in [0.1, 0.15) is 0 Å². The van der Waals surface area contributed by atoms with Gasteiger partial charge in [-0.15, -0.1) is 0 Å². The van der Waals surface area contributed by atoms with Gasteiger partial charge in [0.25, 0.3) is 0 Å². The molecular weight excluding hydrogens is 231 g/mol. The van der Waals surface area contributed by atoms with Crippen LogP contribution in [0.1, 0.15) is 0 Å². The summed E-state index contributed by atoms with van der Waals surface area (Å²) in [6.45, 7) is 3.53. The first kappa shape index (κ1) is 16.4. The first-order chi connectivity index (χ1) is 6.24. The van der Waals surface area contributed by atoms with Gasteiger partial charge in [0.2, 0.25) is 0 Å². The van der Waals surface area contributed by atoms with Crippen molar-refractivity contribution in [2.75, 3.05) is 21.3 Å². The van der Waals surface area contributed by atoms with Gasteiger partial charge in [0.05, 0.1) is 0 Å². The van der Waals surface area contributed by atoms with Crippen LogP contribution < -0.4 is 0 Å². The number of hydrogen-bond donors (Lipinski definition) is 3. The van der Waals surface area contributed by atoms with E-state index in [9.17, 15) is 0 Å². The third kappa shape index (κ3) is 10.0. The molecule has 7 nitrogen and oxygen atoms in total. The number of phosphoric acid groups is 1. The zero-order valence-electron chi connectivity index (χ0n) is 8.21. The van der Waals surface area contributed by atoms with E-state index in [2.05, 4.69) is 6.58 Å². The molecule has 0 unspecified atom stereocenters. The maximum atomic E-state index is 8.88. The van der Waals surface area contributed by atoms with Crippen LogP contribution in [0.15, 0.2) is 12.3 Å². The molecule has 0 aliphatic rings. The van der Waals surface area contributed by atoms with E-state index in [0.717, 1.165) is 0 Å². The van der Waals surface area contributed by atoms with E-state index in [-0.39, 0.29) is 0 Å². The minimum atomic E-state index is -4.64. The van der Waals surface area contributed by atoms with Crippen molar-refractivity contribution in [3.63, 3.8) is 0 Å². The van der Waals surface area contributed by atoms with Gasteiger partial charge in [0.15, 0.2) is 0 Å². The Kier molecular flexibility index (Phi) is 8.50. The first-order valence-corrected chi connectivity index (χ1v) is 6.68. The molecule has 0 bridgehead atoms. The second-order valence-corrected chi connectivity index (χ2v) is 5.80. The van der Waals surface area contributed by atoms with E-state index in [1.54, 1.807) is 27.0 Å². The minimum absolute atomic E-state index is 1.54. The topological polar surface area (TPSA) is 105 Å². The molecule has 3 N–H and O–H groups in total. The highest BCUT2D eigenvalue weighted by Crippen LogP contribution is 2.25. The Morgan fingerprint density at radius 1 is 1.14 bits per heavy atom. The minimum Gasteiger partial charge on any atom is -0.374 e. The zero-order valence-corrected chi connectivity index (χ0v) is 10.1. The molecule has 0 aromatic carbocycles. The maximum absolute atomic E-state index is 8.88. The second kappa shape index (κ2) is 7.27. The molecule has 0 atom stereocenters. The monoisotopic (exact) mass is 246 g/mol. The summed E-state index contributed by atoms with van der Waals surface area (Å²) >= 11 is 0. The van der Waals surface area contributed by atoms with Crippen molar-refractivity contribution in [3.05, 3.63) is 12.3 Å². The number of rotatable bonds is 4. The van der Waals surface area contributed by atoms with Crippen LogP contribution in [-0.4, -0.2) is 44.8 Å². The van der Waals surface area contributed by atoms with Crippen molar-refractivity contribution >= 4 is 16.6 Å². The largest absolute Gasteiger partial charge is 0.528 e. The maximum Gasteiger partial charge on any atom is 0.528 e. The van der Waals surface area contributed by atoms with Gasteiger partial charge in [-0.1, -0.05) is 6.58 Å². The second-order valence-electron chi connectivity index (χ2n) is 1.93. The van der Waals surface area contributed by atoms with E-state index < -0.39 is 16.6 Å². The zero-order chi connectivity index (χ0) is 11.8. The van der Waals surface area contributed by atoms with Crippen LogP contribution in [0.4, 0.5) is 0 Å². The van der Waals surface area contributed by atoms with Crippen LogP contribution in [0.2, 0.25) is 0 Å². The highest BCUT2D eigenvalue weighted by Gasteiger charge is 2.33. The Bertz CT molecular complexity index is 182. The Labute approximate surface area is 83.5 Å². The van der Waals surface area contributed by atoms with Crippen molar-refractivity contribution in [1.29, 1.82) is 0 Å². The lowest BCUT2D eigenvalue weighted by Crippen LogP contribution is -2.40. The predicted octanol–water partition coefficient (Wildman–Crippen LogP) is -0.339. The summed E-state index contributed by atoms with van der Waals surface area (Å²) in [4.78, 5) is 21.6. The highest BCUT2D eigenvalue weighted by molar-refractivity contribution is 7.45. The lowest BCUT2D eigenvalue weighted by molar-refractivity contribution is 0.138. The van der Waals surface area contributed by atoms with Gasteiger partial charge in [-0.3, -0.25) is 0 Å². The van der Waals surface area contributed by atoms with Gasteiger partial charge in [-0.05, 0) is 5.70 Å². The summed E-state index contributed by atoms with van der Waals surface area (Å²) in [7, 11) is -2.44. The summed E-state index contributed by atoms with van der Waals surface area (Å²) in [6, 6.07) is 0. The molecule has 0 spiro atoms. The molecule has 0 saturated carbocycles. The standard InChI is InChI=1S/C5H12O3Si.H3O4P/c1-5-9(6-2,7-3)8-4;1-5(2,3)4/h5H,1H2,2-4H3;(H3,1,2,3,4). The predicted molar refractivity (Wildman–Crippen MR) is 51.2 cm³/mol. The Morgan fingerprint density at radius 2 is 1.36 bits per heavy atom. The lowest BCUT2D eigenvalue weighted by atomic mass is 11.3. The average Bonchev–Trinajstić information content (AvgIpc) is 2.07. The summed E-state index contributed by atoms with van der Waals surface area (Å²) in [6.07, 6.45) is 0. The molecule has 14 heavy (non-hydrogen) atoms. The van der Waals surface area contributed by atoms with Crippen LogP contribution in [-0.2, 0) is 17.8 Å². The summed E-state index contributed by atoms with van der Waals surface area (Å²) in [5.41, 5.74) is 1.58. The quantitative estimate of drug-likeness (QED) is 0.460. The Hall–Kier alpha value is -0.0531. The summed E-state index contributed by atoms with van der Waals surface area (Å²) in [5.74, 6) is 0. The van der Waals surface area contributed by atoms with Crippen molar-refractivity contribution in [2.24, 2.45) is 0 Å². The highest BCUT2D eigenvalue weighted by atomic mass is 31.2. The lowest BCUT2D eigenvalue weighted by Gasteiger charge is -2.19. The SMILES string of the molecule is C=C[Si](OC)(OC)OC.O=P(O)(O)O. The van der Waals surface area contributed by atoms with Gasteiger partial charge < -0.3 is 28.0 Å². The molecule has 0 saturated heterocycles. The van der Waals surface area contributed by atoms with Crippen molar-refractivity contribution in [2.45, 2.75) is 0 Å². The molecule has 0 fully saturated rings. The van der Waals surface area contributed by atoms with E-state index in [1.165, 1.54) is 0 Å². The van der Waals surface area contributed by atoms with E-state index in [0.29, 0.717) is 0 Å². The summed E-state index contributed by atoms with van der Waals surface area (Å²) < 4.78 is 23.8. The molecule has 0 heterocycles. The molecule has 86 valence electrons. The molecule has 0 radical (unpaired) electrons. The van der Waals surface area contributed by atoms with E-state index >= 15 is 0 Å². The van der Waals surface area contributed by atoms with Crippen LogP contribution in [0.25, 0.3) is 0 Å². The van der Waals surface area contributed by atoms with Crippen LogP contribution in [0.3, 0.4) is 0 Å². The smallest absolute Gasteiger partial charge is 0.374 e. The Morgan fingerprint density at radius 3 is 1.36 bits per heavy atom. The molecule has 9 heteroatoms. The molecule has 0 rings (SSSR count). The molecule has 0 aliphatic heterocycles. The van der Waals surface area contributed by atoms with Gasteiger partial charge in [-0.2, -0.15) is 0 Å². The third-order valence-corrected chi connectivity index (χ3v) is 3.31.